The van der Waals surface area contributed by atoms with Crippen LogP contribution in [0.25, 0.3) is 0 Å². The van der Waals surface area contributed by atoms with Crippen LogP contribution in [0.2, 0.25) is 0 Å². The van der Waals surface area contributed by atoms with Crippen molar-refractivity contribution >= 4 is 23.3 Å². The molecule has 0 atom stereocenters. The molecule has 1 heterocycles. The number of hydrogen-bond donors (Lipinski definition) is 2. The molecule has 6 heteroatoms. The first-order valence-corrected chi connectivity index (χ1v) is 7.45. The number of rotatable bonds is 7. The Morgan fingerprint density at radius 1 is 1.45 bits per heavy atom. The van der Waals surface area contributed by atoms with Crippen LogP contribution in [0, 0.1) is 0 Å². The predicted molar refractivity (Wildman–Crippen MR) is 80.1 cm³/mol. The molecule has 0 saturated carbocycles. The summed E-state index contributed by atoms with van der Waals surface area (Å²) in [6, 6.07) is 3.87. The molecule has 0 aliphatic heterocycles. The quantitative estimate of drug-likeness (QED) is 0.813. The van der Waals surface area contributed by atoms with Crippen molar-refractivity contribution in [2.45, 2.75) is 38.6 Å². The second kappa shape index (κ2) is 7.28. The molecule has 0 bridgehead atoms. The normalized spacial score (nSPS) is 11.2. The Hall–Kier alpha value is -1.56. The van der Waals surface area contributed by atoms with Crippen LogP contribution >= 0.6 is 11.3 Å². The first-order valence-electron chi connectivity index (χ1n) is 6.57. The topological polar surface area (TPSA) is 69.6 Å². The van der Waals surface area contributed by atoms with E-state index in [1.54, 1.807) is 23.3 Å². The van der Waals surface area contributed by atoms with Crippen molar-refractivity contribution in [3.8, 4) is 0 Å². The van der Waals surface area contributed by atoms with Crippen molar-refractivity contribution in [2.75, 3.05) is 13.6 Å². The number of urea groups is 1. The highest BCUT2D eigenvalue weighted by Gasteiger charge is 2.23. The highest BCUT2D eigenvalue weighted by Crippen LogP contribution is 2.13. The molecule has 20 heavy (non-hydrogen) atoms. The third-order valence-electron chi connectivity index (χ3n) is 3.03. The molecule has 0 saturated heterocycles. The zero-order chi connectivity index (χ0) is 15.2. The van der Waals surface area contributed by atoms with Crippen LogP contribution in [0.1, 0.15) is 31.6 Å². The van der Waals surface area contributed by atoms with Gasteiger partial charge in [0, 0.05) is 30.4 Å². The highest BCUT2D eigenvalue weighted by atomic mass is 32.1. The third kappa shape index (κ3) is 6.06. The third-order valence-corrected chi connectivity index (χ3v) is 3.97. The summed E-state index contributed by atoms with van der Waals surface area (Å²) in [6.45, 7) is 4.31. The van der Waals surface area contributed by atoms with Crippen molar-refractivity contribution in [3.05, 3.63) is 22.4 Å². The van der Waals surface area contributed by atoms with E-state index in [-0.39, 0.29) is 12.5 Å². The Labute approximate surface area is 123 Å². The molecule has 0 radical (unpaired) electrons. The first-order chi connectivity index (χ1) is 9.30. The number of likely N-dealkylation sites (N-methyl/N-ethyl adjacent to an activating group) is 1. The van der Waals surface area contributed by atoms with E-state index >= 15 is 0 Å². The molecule has 0 aliphatic carbocycles. The minimum absolute atomic E-state index is 0.0478. The summed E-state index contributed by atoms with van der Waals surface area (Å²) in [6.07, 6.45) is 1.29. The highest BCUT2D eigenvalue weighted by molar-refractivity contribution is 7.09. The Balaban J connectivity index is 2.38. The molecular formula is C14H22N2O3S. The lowest BCUT2D eigenvalue weighted by Crippen LogP contribution is -2.49. The number of thiophene rings is 1. The van der Waals surface area contributed by atoms with Crippen LogP contribution in [-0.2, 0) is 11.2 Å². The molecule has 1 aromatic heterocycles. The zero-order valence-electron chi connectivity index (χ0n) is 12.2. The van der Waals surface area contributed by atoms with Gasteiger partial charge in [-0.05, 0) is 38.1 Å². The monoisotopic (exact) mass is 298 g/mol. The maximum atomic E-state index is 12.0. The Kier molecular flexibility index (Phi) is 6.01. The van der Waals surface area contributed by atoms with Crippen molar-refractivity contribution in [2.24, 2.45) is 0 Å². The van der Waals surface area contributed by atoms with Gasteiger partial charge >= 0.3 is 12.0 Å². The summed E-state index contributed by atoms with van der Waals surface area (Å²) in [7, 11) is 1.75. The maximum absolute atomic E-state index is 12.0. The number of aliphatic carboxylic acids is 1. The van der Waals surface area contributed by atoms with Gasteiger partial charge in [0.15, 0.2) is 0 Å². The molecule has 0 fully saturated rings. The standard InChI is InChI=1S/C14H22N2O3S/c1-14(2,8-6-12(17)18)15-13(19)16(3)9-7-11-5-4-10-20-11/h4-5,10H,6-9H2,1-3H3,(H,15,19)(H,17,18). The van der Waals surface area contributed by atoms with Crippen LogP contribution in [0.4, 0.5) is 4.79 Å². The van der Waals surface area contributed by atoms with Crippen LogP contribution < -0.4 is 5.32 Å². The number of carboxylic acid groups (broad SMARTS) is 1. The van der Waals surface area contributed by atoms with Crippen molar-refractivity contribution < 1.29 is 14.7 Å². The molecule has 0 aromatic carbocycles. The van der Waals surface area contributed by atoms with Gasteiger partial charge in [-0.25, -0.2) is 4.79 Å². The van der Waals surface area contributed by atoms with Gasteiger partial charge in [0.05, 0.1) is 0 Å². The number of hydrogen-bond acceptors (Lipinski definition) is 3. The molecule has 2 N–H and O–H groups in total. The van der Waals surface area contributed by atoms with Gasteiger partial charge in [-0.3, -0.25) is 4.79 Å². The summed E-state index contributed by atoms with van der Waals surface area (Å²) in [4.78, 5) is 25.5. The first kappa shape index (κ1) is 16.5. The van der Waals surface area contributed by atoms with Crippen LogP contribution in [-0.4, -0.2) is 41.1 Å². The Bertz CT molecular complexity index is 443. The van der Waals surface area contributed by atoms with Crippen LogP contribution in [0.5, 0.6) is 0 Å². The van der Waals surface area contributed by atoms with Gasteiger partial charge in [-0.15, -0.1) is 11.3 Å². The molecular weight excluding hydrogens is 276 g/mol. The molecule has 0 aliphatic rings. The Morgan fingerprint density at radius 2 is 2.15 bits per heavy atom. The molecule has 0 unspecified atom stereocenters. The number of carboxylic acids is 1. The molecule has 0 spiro atoms. The minimum Gasteiger partial charge on any atom is -0.481 e. The lowest BCUT2D eigenvalue weighted by molar-refractivity contribution is -0.137. The number of carbonyl (C=O) groups is 2. The van der Waals surface area contributed by atoms with E-state index < -0.39 is 11.5 Å². The van der Waals surface area contributed by atoms with E-state index in [4.69, 9.17) is 5.11 Å². The predicted octanol–water partition coefficient (Wildman–Crippen LogP) is 2.58. The second-order valence-corrected chi connectivity index (χ2v) is 6.49. The fourth-order valence-electron chi connectivity index (χ4n) is 1.70. The smallest absolute Gasteiger partial charge is 0.317 e. The zero-order valence-corrected chi connectivity index (χ0v) is 13.0. The molecule has 5 nitrogen and oxygen atoms in total. The van der Waals surface area contributed by atoms with Crippen molar-refractivity contribution in [1.82, 2.24) is 10.2 Å². The average Bonchev–Trinajstić information content (AvgIpc) is 2.86. The van der Waals surface area contributed by atoms with Gasteiger partial charge < -0.3 is 15.3 Å². The van der Waals surface area contributed by atoms with E-state index in [1.807, 2.05) is 31.4 Å². The number of nitrogens with one attached hydrogen (secondary N) is 1. The molecule has 1 rings (SSSR count). The maximum Gasteiger partial charge on any atom is 0.317 e. The summed E-state index contributed by atoms with van der Waals surface area (Å²) < 4.78 is 0. The van der Waals surface area contributed by atoms with E-state index in [1.165, 1.54) is 4.88 Å². The van der Waals surface area contributed by atoms with Crippen LogP contribution in [0.15, 0.2) is 17.5 Å². The fourth-order valence-corrected chi connectivity index (χ4v) is 2.40. The summed E-state index contributed by atoms with van der Waals surface area (Å²) in [5, 5.41) is 13.6. The summed E-state index contributed by atoms with van der Waals surface area (Å²) in [5.41, 5.74) is -0.521. The number of nitrogens with zero attached hydrogens (tertiary/aromatic N) is 1. The van der Waals surface area contributed by atoms with Gasteiger partial charge in [0.1, 0.15) is 0 Å². The molecule has 2 amide bonds. The van der Waals surface area contributed by atoms with E-state index in [9.17, 15) is 9.59 Å². The minimum atomic E-state index is -0.849. The van der Waals surface area contributed by atoms with Crippen molar-refractivity contribution in [1.29, 1.82) is 0 Å². The van der Waals surface area contributed by atoms with Crippen molar-refractivity contribution in [3.63, 3.8) is 0 Å². The molecule has 112 valence electrons. The lowest BCUT2D eigenvalue weighted by atomic mass is 9.99. The average molecular weight is 298 g/mol. The van der Waals surface area contributed by atoms with Gasteiger partial charge in [-0.2, -0.15) is 0 Å². The lowest BCUT2D eigenvalue weighted by Gasteiger charge is -2.29. The number of amides is 2. The van der Waals surface area contributed by atoms with Gasteiger partial charge in [0.2, 0.25) is 0 Å². The van der Waals surface area contributed by atoms with Crippen LogP contribution in [0.3, 0.4) is 0 Å². The fraction of sp³-hybridized carbons (Fsp3) is 0.571. The second-order valence-electron chi connectivity index (χ2n) is 5.46. The van der Waals surface area contributed by atoms with E-state index in [0.29, 0.717) is 13.0 Å². The SMILES string of the molecule is CN(CCc1cccs1)C(=O)NC(C)(C)CCC(=O)O. The Morgan fingerprint density at radius 3 is 2.70 bits per heavy atom. The van der Waals surface area contributed by atoms with E-state index in [0.717, 1.165) is 6.42 Å². The summed E-state index contributed by atoms with van der Waals surface area (Å²) in [5.74, 6) is -0.849. The van der Waals surface area contributed by atoms with E-state index in [2.05, 4.69) is 5.32 Å². The van der Waals surface area contributed by atoms with Gasteiger partial charge in [-0.1, -0.05) is 6.07 Å². The molecule has 1 aromatic rings. The largest absolute Gasteiger partial charge is 0.481 e. The van der Waals surface area contributed by atoms with Gasteiger partial charge in [0.25, 0.3) is 0 Å². The number of carbonyl (C=O) groups excluding carboxylic acids is 1. The summed E-state index contributed by atoms with van der Waals surface area (Å²) >= 11 is 1.68.